The van der Waals surface area contributed by atoms with E-state index in [2.05, 4.69) is 19.9 Å². The molecule has 0 amide bonds. The topological polar surface area (TPSA) is 70.5 Å². The Morgan fingerprint density at radius 2 is 1.56 bits per heavy atom. The van der Waals surface area contributed by atoms with Crippen LogP contribution >= 0.6 is 23.2 Å². The van der Waals surface area contributed by atoms with E-state index in [4.69, 9.17) is 27.9 Å². The van der Waals surface area contributed by atoms with Crippen LogP contribution in [0, 0.1) is 0 Å². The maximum Gasteiger partial charge on any atom is 0.416 e. The number of anilines is 3. The van der Waals surface area contributed by atoms with Gasteiger partial charge in [0.15, 0.2) is 5.82 Å². The minimum atomic E-state index is -4.97. The van der Waals surface area contributed by atoms with Crippen LogP contribution in [0.15, 0.2) is 36.8 Å². The monoisotopic (exact) mass is 649 g/mol. The van der Waals surface area contributed by atoms with Gasteiger partial charge in [0.25, 0.3) is 0 Å². The zero-order valence-electron chi connectivity index (χ0n) is 22.8. The van der Waals surface area contributed by atoms with E-state index in [1.54, 1.807) is 17.3 Å². The van der Waals surface area contributed by atoms with Gasteiger partial charge in [-0.15, -0.1) is 0 Å². The number of hydrogen-bond acceptors (Lipinski definition) is 8. The molecule has 2 aromatic heterocycles. The van der Waals surface area contributed by atoms with Crippen LogP contribution in [-0.2, 0) is 23.6 Å². The number of aromatic nitrogens is 4. The first-order valence-corrected chi connectivity index (χ1v) is 14.2. The Morgan fingerprint density at radius 3 is 2.14 bits per heavy atom. The predicted octanol–water partition coefficient (Wildman–Crippen LogP) is 6.51. The largest absolute Gasteiger partial charge is 0.416 e. The number of halogens is 8. The third-order valence-corrected chi connectivity index (χ3v) is 7.98. The van der Waals surface area contributed by atoms with Crippen molar-refractivity contribution >= 4 is 40.7 Å². The fraction of sp³-hybridized carbons (Fsp3) is 0.481. The quantitative estimate of drug-likeness (QED) is 0.212. The van der Waals surface area contributed by atoms with Gasteiger partial charge in [-0.2, -0.15) is 31.3 Å². The second kappa shape index (κ2) is 12.5. The smallest absolute Gasteiger partial charge is 0.378 e. The molecule has 1 aromatic carbocycles. The van der Waals surface area contributed by atoms with E-state index in [-0.39, 0.29) is 47.0 Å². The fourth-order valence-electron chi connectivity index (χ4n) is 5.42. The van der Waals surface area contributed by atoms with Gasteiger partial charge in [-0.3, -0.25) is 0 Å². The van der Waals surface area contributed by atoms with Crippen LogP contribution in [0.1, 0.15) is 36.5 Å². The Morgan fingerprint density at radius 1 is 0.930 bits per heavy atom. The summed E-state index contributed by atoms with van der Waals surface area (Å²) in [6.45, 7) is 4.27. The van der Waals surface area contributed by atoms with Crippen molar-refractivity contribution in [3.63, 3.8) is 0 Å². The number of ether oxygens (including phenoxy) is 1. The van der Waals surface area contributed by atoms with E-state index in [9.17, 15) is 26.3 Å². The Hall–Kier alpha value is -3.10. The van der Waals surface area contributed by atoms with Gasteiger partial charge in [0.2, 0.25) is 11.2 Å². The molecule has 2 atom stereocenters. The summed E-state index contributed by atoms with van der Waals surface area (Å²) in [5, 5.41) is 0.245. The van der Waals surface area contributed by atoms with Crippen molar-refractivity contribution in [2.24, 2.45) is 0 Å². The number of hydrogen-bond donors (Lipinski definition) is 0. The molecule has 0 saturated carbocycles. The number of morpholine rings is 1. The highest BCUT2D eigenvalue weighted by Gasteiger charge is 2.40. The molecule has 3 aromatic rings. The molecule has 232 valence electrons. The van der Waals surface area contributed by atoms with Gasteiger partial charge in [0, 0.05) is 32.2 Å². The van der Waals surface area contributed by atoms with Crippen LogP contribution in [0.2, 0.25) is 10.3 Å². The average Bonchev–Trinajstić information content (AvgIpc) is 3.41. The molecule has 43 heavy (non-hydrogen) atoms. The minimum Gasteiger partial charge on any atom is -0.378 e. The zero-order chi connectivity index (χ0) is 30.9. The Bertz CT molecular complexity index is 1390. The van der Waals surface area contributed by atoms with Crippen molar-refractivity contribution in [2.45, 2.75) is 50.7 Å². The third-order valence-electron chi connectivity index (χ3n) is 7.53. The lowest BCUT2D eigenvalue weighted by Crippen LogP contribution is -2.39. The van der Waals surface area contributed by atoms with Crippen LogP contribution in [-0.4, -0.2) is 64.9 Å². The highest BCUT2D eigenvalue weighted by atomic mass is 35.5. The summed E-state index contributed by atoms with van der Waals surface area (Å²) >= 11 is 12.4. The summed E-state index contributed by atoms with van der Waals surface area (Å²) in [4.78, 5) is 22.8. The van der Waals surface area contributed by atoms with Crippen LogP contribution < -0.4 is 14.7 Å². The van der Waals surface area contributed by atoms with Crippen molar-refractivity contribution < 1.29 is 31.1 Å². The van der Waals surface area contributed by atoms with Crippen LogP contribution in [0.3, 0.4) is 0 Å². The van der Waals surface area contributed by atoms with E-state index >= 15 is 0 Å². The van der Waals surface area contributed by atoms with Crippen LogP contribution in [0.4, 0.5) is 43.8 Å². The van der Waals surface area contributed by atoms with E-state index in [1.165, 1.54) is 6.20 Å². The molecule has 5 rings (SSSR count). The summed E-state index contributed by atoms with van der Waals surface area (Å²) in [5.74, 6) is 0.550. The second-order valence-corrected chi connectivity index (χ2v) is 11.0. The SMILES string of the molecule is CCC1CC(N(Cc2cc(C(F)(F)F)cc(C(F)(F)F)c2)c2ncc(N3CCOCC3)cn2)CN1c1nc(Cl)ncc1Cl. The molecule has 0 spiro atoms. The Balaban J connectivity index is 1.53. The lowest BCUT2D eigenvalue weighted by molar-refractivity contribution is -0.143. The average molecular weight is 650 g/mol. The van der Waals surface area contributed by atoms with Crippen molar-refractivity contribution in [3.05, 3.63) is 63.8 Å². The summed E-state index contributed by atoms with van der Waals surface area (Å²) < 4.78 is 87.4. The van der Waals surface area contributed by atoms with Gasteiger partial charge in [0.05, 0.1) is 54.7 Å². The third kappa shape index (κ3) is 7.18. The van der Waals surface area contributed by atoms with Crippen molar-refractivity contribution in [1.29, 1.82) is 0 Å². The standard InChI is InChI=1S/C27H27Cl2F6N7O/c1-2-19-10-20(15-41(19)23-22(28)13-36-24(29)39-23)42(25-37-11-21(12-38-25)40-3-5-43-6-4-40)14-16-7-17(26(30,31)32)9-18(8-16)27(33,34)35/h7-9,11-13,19-20H,2-6,10,14-15H2,1H3. The molecular weight excluding hydrogens is 623 g/mol. The van der Waals surface area contributed by atoms with Gasteiger partial charge < -0.3 is 19.4 Å². The lowest BCUT2D eigenvalue weighted by Gasteiger charge is -2.31. The molecule has 0 radical (unpaired) electrons. The van der Waals surface area contributed by atoms with Gasteiger partial charge in [-0.1, -0.05) is 18.5 Å². The fourth-order valence-corrected chi connectivity index (χ4v) is 5.75. The van der Waals surface area contributed by atoms with E-state index < -0.39 is 29.5 Å². The molecule has 0 bridgehead atoms. The first-order valence-electron chi connectivity index (χ1n) is 13.5. The van der Waals surface area contributed by atoms with Crippen molar-refractivity contribution in [3.8, 4) is 0 Å². The molecular formula is C27H27Cl2F6N7O. The Labute approximate surface area is 253 Å². The highest BCUT2D eigenvalue weighted by molar-refractivity contribution is 6.33. The summed E-state index contributed by atoms with van der Waals surface area (Å²) in [6.07, 6.45) is -4.25. The number of benzene rings is 1. The molecule has 16 heteroatoms. The molecule has 2 unspecified atom stereocenters. The predicted molar refractivity (Wildman–Crippen MR) is 150 cm³/mol. The first-order chi connectivity index (χ1) is 20.3. The van der Waals surface area contributed by atoms with Crippen molar-refractivity contribution in [2.75, 3.05) is 47.5 Å². The Kier molecular flexibility index (Phi) is 9.10. The molecule has 2 saturated heterocycles. The summed E-state index contributed by atoms with van der Waals surface area (Å²) in [6, 6.07) is 1.04. The maximum atomic E-state index is 13.7. The molecule has 2 aliphatic rings. The number of alkyl halides is 6. The van der Waals surface area contributed by atoms with Gasteiger partial charge in [-0.25, -0.2) is 15.0 Å². The number of rotatable bonds is 7. The summed E-state index contributed by atoms with van der Waals surface area (Å²) in [5.41, 5.74) is -2.23. The van der Waals surface area contributed by atoms with Crippen molar-refractivity contribution in [1.82, 2.24) is 19.9 Å². The van der Waals surface area contributed by atoms with Crippen LogP contribution in [0.5, 0.6) is 0 Å². The normalized spacial score (nSPS) is 19.7. The van der Waals surface area contributed by atoms with E-state index in [0.29, 0.717) is 45.0 Å². The lowest BCUT2D eigenvalue weighted by atomic mass is 10.0. The van der Waals surface area contributed by atoms with Crippen LogP contribution in [0.25, 0.3) is 0 Å². The molecule has 2 fully saturated rings. The molecule has 2 aliphatic heterocycles. The molecule has 8 nitrogen and oxygen atoms in total. The van der Waals surface area contributed by atoms with Gasteiger partial charge in [0.1, 0.15) is 5.02 Å². The molecule has 0 N–H and O–H groups in total. The first kappa shape index (κ1) is 31.3. The van der Waals surface area contributed by atoms with Gasteiger partial charge in [-0.05, 0) is 48.2 Å². The molecule has 4 heterocycles. The second-order valence-electron chi connectivity index (χ2n) is 10.3. The molecule has 0 aliphatic carbocycles. The van der Waals surface area contributed by atoms with E-state index in [0.717, 1.165) is 17.8 Å². The number of nitrogens with zero attached hydrogens (tertiary/aromatic N) is 7. The maximum absolute atomic E-state index is 13.7. The zero-order valence-corrected chi connectivity index (χ0v) is 24.3. The highest BCUT2D eigenvalue weighted by Crippen LogP contribution is 2.38. The van der Waals surface area contributed by atoms with Gasteiger partial charge >= 0.3 is 12.4 Å². The van der Waals surface area contributed by atoms with E-state index in [1.807, 2.05) is 16.7 Å². The summed E-state index contributed by atoms with van der Waals surface area (Å²) in [7, 11) is 0. The minimum absolute atomic E-state index is 0.0137.